The summed E-state index contributed by atoms with van der Waals surface area (Å²) < 4.78 is 1.83. The fourth-order valence-corrected chi connectivity index (χ4v) is 4.60. The van der Waals surface area contributed by atoms with Gasteiger partial charge in [-0.2, -0.15) is 0 Å². The first kappa shape index (κ1) is 18.4. The van der Waals surface area contributed by atoms with Crippen LogP contribution in [0.4, 0.5) is 0 Å². The number of hydrogen-bond donors (Lipinski definition) is 1. The van der Waals surface area contributed by atoms with Crippen LogP contribution in [0, 0.1) is 0 Å². The van der Waals surface area contributed by atoms with Crippen molar-refractivity contribution in [3.63, 3.8) is 0 Å². The Bertz CT molecular complexity index is 983. The highest BCUT2D eigenvalue weighted by Gasteiger charge is 2.37. The van der Waals surface area contributed by atoms with Crippen molar-refractivity contribution in [3.8, 4) is 11.3 Å². The maximum atomic E-state index is 13.2. The van der Waals surface area contributed by atoms with Gasteiger partial charge in [0.15, 0.2) is 4.96 Å². The molecule has 3 aromatic rings. The van der Waals surface area contributed by atoms with E-state index in [1.54, 1.807) is 4.90 Å². The van der Waals surface area contributed by atoms with Crippen LogP contribution in [0.2, 0.25) is 5.02 Å². The number of carbonyl (C=O) groups excluding carboxylic acids is 1. The molecule has 142 valence electrons. The lowest BCUT2D eigenvalue weighted by atomic mass is 10.1. The average molecular weight is 405 g/mol. The Labute approximate surface area is 166 Å². The molecule has 1 aliphatic rings. The minimum Gasteiger partial charge on any atom is -0.394 e. The topological polar surface area (TPSA) is 61.1 Å². The van der Waals surface area contributed by atoms with E-state index in [9.17, 15) is 9.90 Å². The van der Waals surface area contributed by atoms with Crippen molar-refractivity contribution in [1.29, 1.82) is 0 Å². The number of aliphatic hydroxyl groups excluding tert-OH is 1. The maximum Gasteiger partial charge on any atom is 0.272 e. The molecule has 2 atom stereocenters. The fraction of sp³-hybridized carbons (Fsp3) is 0.368. The molecule has 6 nitrogen and oxygen atoms in total. The number of aliphatic hydroxyl groups is 1. The molecule has 0 bridgehead atoms. The standard InChI is InChI=1S/C19H21ClN4O2S/c1-22(2)14-7-15(10-25)23(8-14)18(26)17-11-27-19-21-16(9-24(17)19)12-4-3-5-13(20)6-12/h3-6,9,11,14-15,25H,7-8,10H2,1-2H3. The molecule has 0 saturated carbocycles. The van der Waals surface area contributed by atoms with Gasteiger partial charge in [0.05, 0.1) is 18.3 Å². The predicted octanol–water partition coefficient (Wildman–Crippen LogP) is 2.85. The first-order chi connectivity index (χ1) is 13.0. The van der Waals surface area contributed by atoms with Crippen molar-refractivity contribution in [2.45, 2.75) is 18.5 Å². The average Bonchev–Trinajstić information content (AvgIpc) is 3.34. The van der Waals surface area contributed by atoms with E-state index in [1.165, 1.54) is 11.3 Å². The summed E-state index contributed by atoms with van der Waals surface area (Å²) >= 11 is 7.52. The number of rotatable bonds is 4. The largest absolute Gasteiger partial charge is 0.394 e. The fourth-order valence-electron chi connectivity index (χ4n) is 3.56. The molecule has 0 radical (unpaired) electrons. The van der Waals surface area contributed by atoms with Gasteiger partial charge in [0.25, 0.3) is 5.91 Å². The summed E-state index contributed by atoms with van der Waals surface area (Å²) in [5.41, 5.74) is 2.28. The molecule has 1 aliphatic heterocycles. The van der Waals surface area contributed by atoms with Gasteiger partial charge < -0.3 is 14.9 Å². The normalized spacial score (nSPS) is 20.1. The number of imidazole rings is 1. The van der Waals surface area contributed by atoms with Gasteiger partial charge in [-0.25, -0.2) is 4.98 Å². The van der Waals surface area contributed by atoms with Gasteiger partial charge in [0.2, 0.25) is 0 Å². The second-order valence-corrected chi connectivity index (χ2v) is 8.33. The SMILES string of the molecule is CN(C)C1CC(CO)N(C(=O)c2csc3nc(-c4cccc(Cl)c4)cn23)C1. The second-order valence-electron chi connectivity index (χ2n) is 7.06. The number of likely N-dealkylation sites (tertiary alicyclic amines) is 1. The third-order valence-electron chi connectivity index (χ3n) is 5.14. The lowest BCUT2D eigenvalue weighted by Crippen LogP contribution is -2.39. The van der Waals surface area contributed by atoms with E-state index < -0.39 is 0 Å². The van der Waals surface area contributed by atoms with E-state index >= 15 is 0 Å². The Hall–Kier alpha value is -1.93. The summed E-state index contributed by atoms with van der Waals surface area (Å²) in [6.07, 6.45) is 2.65. The summed E-state index contributed by atoms with van der Waals surface area (Å²) in [6, 6.07) is 7.61. The van der Waals surface area contributed by atoms with Crippen molar-refractivity contribution in [3.05, 3.63) is 46.6 Å². The molecule has 0 spiro atoms. The van der Waals surface area contributed by atoms with Gasteiger partial charge >= 0.3 is 0 Å². The summed E-state index contributed by atoms with van der Waals surface area (Å²) in [6.45, 7) is 0.589. The van der Waals surface area contributed by atoms with Crippen molar-refractivity contribution in [1.82, 2.24) is 19.2 Å². The lowest BCUT2D eigenvalue weighted by molar-refractivity contribution is 0.0666. The molecule has 8 heteroatoms. The highest BCUT2D eigenvalue weighted by molar-refractivity contribution is 7.15. The van der Waals surface area contributed by atoms with E-state index in [-0.39, 0.29) is 24.6 Å². The molecule has 3 heterocycles. The van der Waals surface area contributed by atoms with Gasteiger partial charge in [-0.15, -0.1) is 11.3 Å². The third kappa shape index (κ3) is 3.36. The summed E-state index contributed by atoms with van der Waals surface area (Å²) in [7, 11) is 4.01. The number of thiazole rings is 1. The monoisotopic (exact) mass is 404 g/mol. The Morgan fingerprint density at radius 2 is 2.26 bits per heavy atom. The van der Waals surface area contributed by atoms with Crippen LogP contribution in [0.1, 0.15) is 16.9 Å². The number of nitrogens with zero attached hydrogens (tertiary/aromatic N) is 4. The number of halogens is 1. The van der Waals surface area contributed by atoms with Crippen LogP contribution in [-0.2, 0) is 0 Å². The number of aromatic nitrogens is 2. The van der Waals surface area contributed by atoms with Crippen LogP contribution in [0.25, 0.3) is 16.2 Å². The first-order valence-corrected chi connectivity index (χ1v) is 10.0. The van der Waals surface area contributed by atoms with Crippen molar-refractivity contribution in [2.75, 3.05) is 27.2 Å². The Morgan fingerprint density at radius 3 is 2.96 bits per heavy atom. The zero-order chi connectivity index (χ0) is 19.1. The molecule has 1 saturated heterocycles. The van der Waals surface area contributed by atoms with Gasteiger partial charge in [-0.3, -0.25) is 9.20 Å². The van der Waals surface area contributed by atoms with Crippen LogP contribution in [0.5, 0.6) is 0 Å². The predicted molar refractivity (Wildman–Crippen MR) is 108 cm³/mol. The minimum absolute atomic E-state index is 0.0267. The molecule has 4 rings (SSSR count). The minimum atomic E-state index is -0.157. The maximum absolute atomic E-state index is 13.2. The summed E-state index contributed by atoms with van der Waals surface area (Å²) in [5, 5.41) is 12.2. The van der Waals surface area contributed by atoms with E-state index in [0.717, 1.165) is 22.6 Å². The number of fused-ring (bicyclic) bond motifs is 1. The Balaban J connectivity index is 1.66. The zero-order valence-electron chi connectivity index (χ0n) is 15.2. The van der Waals surface area contributed by atoms with E-state index in [4.69, 9.17) is 11.6 Å². The van der Waals surface area contributed by atoms with Crippen LogP contribution in [0.3, 0.4) is 0 Å². The van der Waals surface area contributed by atoms with Crippen molar-refractivity contribution < 1.29 is 9.90 Å². The van der Waals surface area contributed by atoms with Crippen molar-refractivity contribution >= 4 is 33.8 Å². The summed E-state index contributed by atoms with van der Waals surface area (Å²) in [5.74, 6) is -0.0697. The molecule has 1 fully saturated rings. The number of benzene rings is 1. The van der Waals surface area contributed by atoms with Crippen LogP contribution >= 0.6 is 22.9 Å². The molecular weight excluding hydrogens is 384 g/mol. The van der Waals surface area contributed by atoms with Gasteiger partial charge in [0, 0.05) is 34.7 Å². The smallest absolute Gasteiger partial charge is 0.272 e. The quantitative estimate of drug-likeness (QED) is 0.726. The van der Waals surface area contributed by atoms with Gasteiger partial charge in [-0.05, 0) is 32.6 Å². The highest BCUT2D eigenvalue weighted by atomic mass is 35.5. The van der Waals surface area contributed by atoms with Crippen LogP contribution in [0.15, 0.2) is 35.8 Å². The molecule has 1 N–H and O–H groups in total. The number of likely N-dealkylation sites (N-methyl/N-ethyl adjacent to an activating group) is 1. The zero-order valence-corrected chi connectivity index (χ0v) is 16.7. The molecule has 27 heavy (non-hydrogen) atoms. The Kier molecular flexibility index (Phi) is 4.94. The number of carbonyl (C=O) groups is 1. The molecule has 0 aliphatic carbocycles. The summed E-state index contributed by atoms with van der Waals surface area (Å²) in [4.78, 5) is 22.5. The number of amides is 1. The lowest BCUT2D eigenvalue weighted by Gasteiger charge is -2.23. The molecule has 2 aromatic heterocycles. The van der Waals surface area contributed by atoms with Crippen molar-refractivity contribution in [2.24, 2.45) is 0 Å². The molecule has 1 aromatic carbocycles. The molecule has 2 unspecified atom stereocenters. The van der Waals surface area contributed by atoms with E-state index in [1.807, 2.05) is 54.3 Å². The van der Waals surface area contributed by atoms with Crippen LogP contribution in [-0.4, -0.2) is 69.5 Å². The first-order valence-electron chi connectivity index (χ1n) is 8.78. The Morgan fingerprint density at radius 1 is 1.44 bits per heavy atom. The van der Waals surface area contributed by atoms with Gasteiger partial charge in [-0.1, -0.05) is 23.7 Å². The van der Waals surface area contributed by atoms with Gasteiger partial charge in [0.1, 0.15) is 5.69 Å². The van der Waals surface area contributed by atoms with E-state index in [0.29, 0.717) is 17.3 Å². The van der Waals surface area contributed by atoms with E-state index in [2.05, 4.69) is 9.88 Å². The van der Waals surface area contributed by atoms with Crippen LogP contribution < -0.4 is 0 Å². The second kappa shape index (κ2) is 7.24. The number of hydrogen-bond acceptors (Lipinski definition) is 5. The third-order valence-corrected chi connectivity index (χ3v) is 6.22. The highest BCUT2D eigenvalue weighted by Crippen LogP contribution is 2.28. The molecule has 1 amide bonds. The molecular formula is C19H21ClN4O2S.